The molecule has 0 aromatic heterocycles. The van der Waals surface area contributed by atoms with Gasteiger partial charge >= 0.3 is 0 Å². The van der Waals surface area contributed by atoms with Crippen molar-refractivity contribution in [3.8, 4) is 17.6 Å². The van der Waals surface area contributed by atoms with Crippen molar-refractivity contribution in [2.24, 2.45) is 0 Å². The number of amides is 1. The van der Waals surface area contributed by atoms with Crippen LogP contribution in [0.4, 0.5) is 5.69 Å². The lowest BCUT2D eigenvalue weighted by atomic mass is 10.1. The Morgan fingerprint density at radius 1 is 1.20 bits per heavy atom. The van der Waals surface area contributed by atoms with Gasteiger partial charge in [0, 0.05) is 16.3 Å². The fourth-order valence-electron chi connectivity index (χ4n) is 2.13. The molecule has 2 rings (SSSR count). The highest BCUT2D eigenvalue weighted by Gasteiger charge is 2.12. The highest BCUT2D eigenvalue weighted by molar-refractivity contribution is 6.31. The summed E-state index contributed by atoms with van der Waals surface area (Å²) in [7, 11) is 3.05. The van der Waals surface area contributed by atoms with Crippen molar-refractivity contribution < 1.29 is 14.3 Å². The number of halogens is 1. The van der Waals surface area contributed by atoms with Gasteiger partial charge in [0.1, 0.15) is 23.1 Å². The quantitative estimate of drug-likeness (QED) is 0.643. The maximum atomic E-state index is 12.4. The van der Waals surface area contributed by atoms with Crippen molar-refractivity contribution in [2.75, 3.05) is 19.5 Å². The minimum absolute atomic E-state index is 0.0664. The molecule has 0 atom stereocenters. The summed E-state index contributed by atoms with van der Waals surface area (Å²) >= 11 is 6.05. The molecular weight excluding hydrogens is 340 g/mol. The normalized spacial score (nSPS) is 10.8. The van der Waals surface area contributed by atoms with E-state index < -0.39 is 5.91 Å². The number of ether oxygens (including phenoxy) is 2. The summed E-state index contributed by atoms with van der Waals surface area (Å²) in [6, 6.07) is 12.2. The van der Waals surface area contributed by atoms with E-state index in [9.17, 15) is 10.1 Å². The monoisotopic (exact) mass is 356 g/mol. The second kappa shape index (κ2) is 8.22. The Hall–Kier alpha value is -2.97. The van der Waals surface area contributed by atoms with Crippen molar-refractivity contribution in [1.82, 2.24) is 0 Å². The third kappa shape index (κ3) is 4.52. The molecule has 1 N–H and O–H groups in total. The van der Waals surface area contributed by atoms with Crippen molar-refractivity contribution >= 4 is 29.3 Å². The Kier molecular flexibility index (Phi) is 6.04. The number of anilines is 1. The number of hydrogen-bond donors (Lipinski definition) is 1. The number of hydrogen-bond acceptors (Lipinski definition) is 4. The Balaban J connectivity index is 2.32. The van der Waals surface area contributed by atoms with Crippen LogP contribution in [0.25, 0.3) is 6.08 Å². The fourth-order valence-corrected chi connectivity index (χ4v) is 2.31. The van der Waals surface area contributed by atoms with Crippen LogP contribution >= 0.6 is 11.6 Å². The molecule has 0 spiro atoms. The maximum Gasteiger partial charge on any atom is 0.266 e. The van der Waals surface area contributed by atoms with Crippen LogP contribution in [0.3, 0.4) is 0 Å². The zero-order chi connectivity index (χ0) is 18.4. The summed E-state index contributed by atoms with van der Waals surface area (Å²) in [6.07, 6.45) is 1.45. The molecule has 6 heteroatoms. The molecule has 0 saturated carbocycles. The van der Waals surface area contributed by atoms with Gasteiger partial charge < -0.3 is 14.8 Å². The fraction of sp³-hybridized carbons (Fsp3) is 0.158. The van der Waals surface area contributed by atoms with E-state index in [0.29, 0.717) is 27.8 Å². The average Bonchev–Trinajstić information content (AvgIpc) is 2.62. The van der Waals surface area contributed by atoms with Crippen LogP contribution in [0.1, 0.15) is 11.1 Å². The number of nitrogens with one attached hydrogen (secondary N) is 1. The van der Waals surface area contributed by atoms with Crippen LogP contribution in [-0.2, 0) is 4.79 Å². The van der Waals surface area contributed by atoms with Gasteiger partial charge in [-0.15, -0.1) is 0 Å². The smallest absolute Gasteiger partial charge is 0.266 e. The van der Waals surface area contributed by atoms with E-state index in [1.165, 1.54) is 20.3 Å². The van der Waals surface area contributed by atoms with E-state index in [1.54, 1.807) is 36.4 Å². The predicted octanol–water partition coefficient (Wildman–Crippen LogP) is 4.21. The van der Waals surface area contributed by atoms with Crippen LogP contribution < -0.4 is 14.8 Å². The molecule has 0 unspecified atom stereocenters. The summed E-state index contributed by atoms with van der Waals surface area (Å²) in [5, 5.41) is 12.5. The van der Waals surface area contributed by atoms with Gasteiger partial charge in [-0.25, -0.2) is 0 Å². The number of methoxy groups -OCH3 is 2. The first-order valence-electron chi connectivity index (χ1n) is 7.39. The first kappa shape index (κ1) is 18.4. The van der Waals surface area contributed by atoms with Crippen molar-refractivity contribution in [1.29, 1.82) is 5.26 Å². The van der Waals surface area contributed by atoms with Crippen LogP contribution in [0, 0.1) is 18.3 Å². The van der Waals surface area contributed by atoms with E-state index in [1.807, 2.05) is 13.0 Å². The number of carbonyl (C=O) groups is 1. The topological polar surface area (TPSA) is 71.3 Å². The zero-order valence-electron chi connectivity index (χ0n) is 14.1. The molecule has 0 fully saturated rings. The number of rotatable bonds is 5. The number of nitrogens with zero attached hydrogens (tertiary/aromatic N) is 1. The van der Waals surface area contributed by atoms with Crippen molar-refractivity contribution in [2.45, 2.75) is 6.92 Å². The lowest BCUT2D eigenvalue weighted by Crippen LogP contribution is -2.13. The lowest BCUT2D eigenvalue weighted by molar-refractivity contribution is -0.112. The maximum absolute atomic E-state index is 12.4. The third-order valence-electron chi connectivity index (χ3n) is 3.53. The Bertz CT molecular complexity index is 869. The molecule has 128 valence electrons. The molecule has 5 nitrogen and oxygen atoms in total. The van der Waals surface area contributed by atoms with Gasteiger partial charge in [0.05, 0.1) is 14.2 Å². The lowest BCUT2D eigenvalue weighted by Gasteiger charge is -2.09. The molecule has 2 aromatic rings. The summed E-state index contributed by atoms with van der Waals surface area (Å²) in [5.41, 5.74) is 1.91. The minimum atomic E-state index is -0.535. The molecule has 0 saturated heterocycles. The van der Waals surface area contributed by atoms with E-state index in [4.69, 9.17) is 21.1 Å². The van der Waals surface area contributed by atoms with Gasteiger partial charge in [-0.3, -0.25) is 4.79 Å². The van der Waals surface area contributed by atoms with Crippen LogP contribution in [0.15, 0.2) is 42.0 Å². The molecule has 0 radical (unpaired) electrons. The molecule has 2 aromatic carbocycles. The van der Waals surface area contributed by atoms with E-state index in [2.05, 4.69) is 5.32 Å². The minimum Gasteiger partial charge on any atom is -0.497 e. The van der Waals surface area contributed by atoms with Gasteiger partial charge in [-0.05, 0) is 48.9 Å². The molecule has 0 aliphatic carbocycles. The summed E-state index contributed by atoms with van der Waals surface area (Å²) in [6.45, 7) is 1.86. The SMILES string of the molecule is COc1ccc(OC)c(/C=C(/C#N)C(=O)Nc2ccc(C)c(Cl)c2)c1. The Morgan fingerprint density at radius 3 is 2.56 bits per heavy atom. The molecule has 0 aliphatic rings. The highest BCUT2D eigenvalue weighted by Crippen LogP contribution is 2.26. The molecule has 0 heterocycles. The second-order valence-corrected chi connectivity index (χ2v) is 5.60. The second-order valence-electron chi connectivity index (χ2n) is 5.20. The highest BCUT2D eigenvalue weighted by atomic mass is 35.5. The average molecular weight is 357 g/mol. The molecule has 0 aliphatic heterocycles. The van der Waals surface area contributed by atoms with E-state index >= 15 is 0 Å². The predicted molar refractivity (Wildman–Crippen MR) is 98.0 cm³/mol. The molecule has 1 amide bonds. The zero-order valence-corrected chi connectivity index (χ0v) is 14.8. The van der Waals surface area contributed by atoms with Crippen LogP contribution in [-0.4, -0.2) is 20.1 Å². The van der Waals surface area contributed by atoms with Gasteiger partial charge in [0.2, 0.25) is 0 Å². The first-order valence-corrected chi connectivity index (χ1v) is 7.77. The standard InChI is InChI=1S/C19H17ClN2O3/c1-12-4-5-15(10-17(12)20)22-19(23)14(11-21)8-13-9-16(24-2)6-7-18(13)25-3/h4-10H,1-3H3,(H,22,23)/b14-8-. The van der Waals surface area contributed by atoms with E-state index in [0.717, 1.165) is 5.56 Å². The number of aryl methyl sites for hydroxylation is 1. The van der Waals surface area contributed by atoms with Crippen LogP contribution in [0.2, 0.25) is 5.02 Å². The number of benzene rings is 2. The Labute approximate surface area is 151 Å². The summed E-state index contributed by atoms with van der Waals surface area (Å²) in [4.78, 5) is 12.4. The third-order valence-corrected chi connectivity index (χ3v) is 3.94. The molecular formula is C19H17ClN2O3. The van der Waals surface area contributed by atoms with E-state index in [-0.39, 0.29) is 5.57 Å². The molecule has 25 heavy (non-hydrogen) atoms. The van der Waals surface area contributed by atoms with Gasteiger partial charge in [0.15, 0.2) is 0 Å². The van der Waals surface area contributed by atoms with Crippen molar-refractivity contribution in [3.05, 3.63) is 58.1 Å². The molecule has 0 bridgehead atoms. The number of nitriles is 1. The first-order chi connectivity index (χ1) is 12.0. The van der Waals surface area contributed by atoms with Gasteiger partial charge in [0.25, 0.3) is 5.91 Å². The summed E-state index contributed by atoms with van der Waals surface area (Å²) < 4.78 is 10.4. The Morgan fingerprint density at radius 2 is 1.96 bits per heavy atom. The largest absolute Gasteiger partial charge is 0.497 e. The van der Waals surface area contributed by atoms with Crippen LogP contribution in [0.5, 0.6) is 11.5 Å². The number of carbonyl (C=O) groups excluding carboxylic acids is 1. The van der Waals surface area contributed by atoms with Gasteiger partial charge in [-0.2, -0.15) is 5.26 Å². The van der Waals surface area contributed by atoms with Crippen molar-refractivity contribution in [3.63, 3.8) is 0 Å². The van der Waals surface area contributed by atoms with Gasteiger partial charge in [-0.1, -0.05) is 17.7 Å². The summed E-state index contributed by atoms with van der Waals surface area (Å²) in [5.74, 6) is 0.585.